The topological polar surface area (TPSA) is 95.9 Å². The molecule has 0 aliphatic carbocycles. The third kappa shape index (κ3) is 5.59. The maximum absolute atomic E-state index is 10.6. The Morgan fingerprint density at radius 3 is 2.43 bits per heavy atom. The molecule has 0 bridgehead atoms. The van der Waals surface area contributed by atoms with Crippen LogP contribution in [0.3, 0.4) is 0 Å². The molecule has 0 atom stereocenters. The Morgan fingerprint density at radius 1 is 1.29 bits per heavy atom. The molecule has 0 amide bonds. The summed E-state index contributed by atoms with van der Waals surface area (Å²) in [6.07, 6.45) is -4.11. The third-order valence-electron chi connectivity index (χ3n) is 2.39. The first kappa shape index (κ1) is 16.6. The fourth-order valence-electron chi connectivity index (χ4n) is 1.52. The first-order chi connectivity index (χ1) is 9.70. The molecule has 9 heteroatoms. The fourth-order valence-corrected chi connectivity index (χ4v) is 1.52. The van der Waals surface area contributed by atoms with E-state index in [-0.39, 0.29) is 6.61 Å². The van der Waals surface area contributed by atoms with Crippen molar-refractivity contribution in [3.63, 3.8) is 0 Å². The molecule has 1 heterocycles. The average molecular weight is 307 g/mol. The molecule has 1 aliphatic heterocycles. The van der Waals surface area contributed by atoms with Crippen LogP contribution in [-0.2, 0) is 16.0 Å². The molecule has 6 nitrogen and oxygen atoms in total. The van der Waals surface area contributed by atoms with Gasteiger partial charge in [0.25, 0.3) is 0 Å². The van der Waals surface area contributed by atoms with Crippen LogP contribution in [0.5, 0.6) is 5.75 Å². The van der Waals surface area contributed by atoms with Crippen molar-refractivity contribution in [1.82, 2.24) is 0 Å². The molecule has 0 unspecified atom stereocenters. The van der Waals surface area contributed by atoms with Crippen LogP contribution < -0.4 is 10.1 Å². The molecule has 0 saturated carbocycles. The zero-order chi connectivity index (χ0) is 16.0. The number of aliphatic carboxylic acids is 2. The summed E-state index contributed by atoms with van der Waals surface area (Å²) in [5.74, 6) is -3.09. The summed E-state index contributed by atoms with van der Waals surface area (Å²) >= 11 is 0. The molecule has 21 heavy (non-hydrogen) atoms. The molecule has 0 aromatic heterocycles. The van der Waals surface area contributed by atoms with Gasteiger partial charge in [-0.25, -0.2) is 9.59 Å². The molecule has 0 radical (unpaired) electrons. The van der Waals surface area contributed by atoms with E-state index in [4.69, 9.17) is 19.7 Å². The largest absolute Gasteiger partial charge is 0.490 e. The Labute approximate surface area is 117 Å². The third-order valence-corrected chi connectivity index (χ3v) is 2.39. The first-order valence-corrected chi connectivity index (χ1v) is 5.71. The highest BCUT2D eigenvalue weighted by Gasteiger charge is 2.38. The lowest BCUT2D eigenvalue weighted by Crippen LogP contribution is -2.21. The average Bonchev–Trinajstić information content (AvgIpc) is 2.83. The van der Waals surface area contributed by atoms with Gasteiger partial charge >= 0.3 is 18.1 Å². The molecular formula is C12H12F3NO5. The maximum atomic E-state index is 10.6. The number of hydrogen-bond donors (Lipinski definition) is 3. The van der Waals surface area contributed by atoms with Gasteiger partial charge in [-0.3, -0.25) is 0 Å². The van der Waals surface area contributed by atoms with Crippen molar-refractivity contribution in [2.75, 3.05) is 18.5 Å². The predicted molar refractivity (Wildman–Crippen MR) is 65.5 cm³/mol. The van der Waals surface area contributed by atoms with E-state index in [1.807, 2.05) is 12.1 Å². The Morgan fingerprint density at radius 2 is 1.90 bits per heavy atom. The van der Waals surface area contributed by atoms with Gasteiger partial charge in [-0.2, -0.15) is 13.2 Å². The number of rotatable bonds is 3. The number of alkyl halides is 3. The minimum atomic E-state index is -5.08. The van der Waals surface area contributed by atoms with Gasteiger partial charge in [0, 0.05) is 12.2 Å². The summed E-state index contributed by atoms with van der Waals surface area (Å²) in [4.78, 5) is 19.2. The zero-order valence-electron chi connectivity index (χ0n) is 10.6. The standard InChI is InChI=1S/C10H11NO3.C2HF3O2/c12-10(13)6-14-8-1-2-9-7(5-8)3-4-11-9;3-2(4,5)1(6)7/h1-2,5,11H,3-4,6H2,(H,12,13);(H,6,7). The Kier molecular flexibility index (Phi) is 5.39. The van der Waals surface area contributed by atoms with Gasteiger partial charge < -0.3 is 20.3 Å². The quantitative estimate of drug-likeness (QED) is 0.787. The lowest BCUT2D eigenvalue weighted by atomic mass is 10.1. The number of hydrogen-bond acceptors (Lipinski definition) is 4. The van der Waals surface area contributed by atoms with Crippen LogP contribution in [-0.4, -0.2) is 41.5 Å². The van der Waals surface area contributed by atoms with E-state index in [0.29, 0.717) is 5.75 Å². The summed E-state index contributed by atoms with van der Waals surface area (Å²) < 4.78 is 36.8. The van der Waals surface area contributed by atoms with E-state index >= 15 is 0 Å². The summed E-state index contributed by atoms with van der Waals surface area (Å²) in [6.45, 7) is 0.657. The number of carboxylic acid groups (broad SMARTS) is 2. The molecular weight excluding hydrogens is 295 g/mol. The van der Waals surface area contributed by atoms with Gasteiger partial charge in [0.1, 0.15) is 5.75 Å². The molecule has 1 aromatic rings. The van der Waals surface area contributed by atoms with Crippen LogP contribution in [0.2, 0.25) is 0 Å². The lowest BCUT2D eigenvalue weighted by molar-refractivity contribution is -0.192. The summed E-state index contributed by atoms with van der Waals surface area (Å²) in [6, 6.07) is 5.58. The number of carboxylic acids is 2. The predicted octanol–water partition coefficient (Wildman–Crippen LogP) is 1.75. The molecule has 1 aromatic carbocycles. The van der Waals surface area contributed by atoms with Gasteiger partial charge in [0.05, 0.1) is 0 Å². The molecule has 0 fully saturated rings. The Bertz CT molecular complexity index is 530. The highest BCUT2D eigenvalue weighted by atomic mass is 19.4. The lowest BCUT2D eigenvalue weighted by Gasteiger charge is -2.05. The number of nitrogens with one attached hydrogen (secondary N) is 1. The zero-order valence-corrected chi connectivity index (χ0v) is 10.6. The molecule has 1 aliphatic rings. The fraction of sp³-hybridized carbons (Fsp3) is 0.333. The summed E-state index contributed by atoms with van der Waals surface area (Å²) in [7, 11) is 0. The van der Waals surface area contributed by atoms with Crippen molar-refractivity contribution in [1.29, 1.82) is 0 Å². The van der Waals surface area contributed by atoms with E-state index < -0.39 is 18.1 Å². The van der Waals surface area contributed by atoms with E-state index in [1.54, 1.807) is 6.07 Å². The van der Waals surface area contributed by atoms with Crippen molar-refractivity contribution in [3.8, 4) is 5.75 Å². The van der Waals surface area contributed by atoms with Crippen molar-refractivity contribution in [3.05, 3.63) is 23.8 Å². The minimum Gasteiger partial charge on any atom is -0.482 e. The normalized spacial score (nSPS) is 12.5. The monoisotopic (exact) mass is 307 g/mol. The number of anilines is 1. The van der Waals surface area contributed by atoms with Crippen LogP contribution in [0.1, 0.15) is 5.56 Å². The van der Waals surface area contributed by atoms with E-state index in [1.165, 1.54) is 5.56 Å². The Balaban J connectivity index is 0.000000270. The van der Waals surface area contributed by atoms with Gasteiger partial charge in [-0.05, 0) is 30.2 Å². The summed E-state index contributed by atoms with van der Waals surface area (Å²) in [5, 5.41) is 18.8. The van der Waals surface area contributed by atoms with Gasteiger partial charge in [-0.15, -0.1) is 0 Å². The Hall–Kier alpha value is -2.45. The number of ether oxygens (including phenoxy) is 1. The number of benzene rings is 1. The molecule has 0 spiro atoms. The van der Waals surface area contributed by atoms with Crippen LogP contribution in [0, 0.1) is 0 Å². The van der Waals surface area contributed by atoms with Crippen molar-refractivity contribution in [2.45, 2.75) is 12.6 Å². The molecule has 116 valence electrons. The van der Waals surface area contributed by atoms with Crippen molar-refractivity contribution < 1.29 is 37.7 Å². The maximum Gasteiger partial charge on any atom is 0.490 e. The number of carbonyl (C=O) groups is 2. The second kappa shape index (κ2) is 6.82. The van der Waals surface area contributed by atoms with Crippen LogP contribution in [0.4, 0.5) is 18.9 Å². The van der Waals surface area contributed by atoms with Crippen LogP contribution in [0.15, 0.2) is 18.2 Å². The second-order valence-corrected chi connectivity index (χ2v) is 3.98. The number of fused-ring (bicyclic) bond motifs is 1. The van der Waals surface area contributed by atoms with E-state index in [0.717, 1.165) is 18.7 Å². The SMILES string of the molecule is O=C(O)C(F)(F)F.O=C(O)COc1ccc2c(c1)CCN2. The van der Waals surface area contributed by atoms with E-state index in [2.05, 4.69) is 5.32 Å². The van der Waals surface area contributed by atoms with Gasteiger partial charge in [0.15, 0.2) is 6.61 Å². The van der Waals surface area contributed by atoms with Crippen LogP contribution >= 0.6 is 0 Å². The van der Waals surface area contributed by atoms with E-state index in [9.17, 15) is 18.0 Å². The van der Waals surface area contributed by atoms with Crippen LogP contribution in [0.25, 0.3) is 0 Å². The smallest absolute Gasteiger partial charge is 0.482 e. The highest BCUT2D eigenvalue weighted by molar-refractivity contribution is 5.73. The highest BCUT2D eigenvalue weighted by Crippen LogP contribution is 2.26. The van der Waals surface area contributed by atoms with Gasteiger partial charge in [0.2, 0.25) is 0 Å². The summed E-state index contributed by atoms with van der Waals surface area (Å²) in [5.41, 5.74) is 2.31. The molecule has 0 saturated heterocycles. The van der Waals surface area contributed by atoms with Crippen molar-refractivity contribution in [2.24, 2.45) is 0 Å². The molecule has 3 N–H and O–H groups in total. The first-order valence-electron chi connectivity index (χ1n) is 5.71. The van der Waals surface area contributed by atoms with Gasteiger partial charge in [-0.1, -0.05) is 0 Å². The second-order valence-electron chi connectivity index (χ2n) is 3.98. The number of halogens is 3. The minimum absolute atomic E-state index is 0.286. The molecule has 2 rings (SSSR count). The van der Waals surface area contributed by atoms with Crippen molar-refractivity contribution >= 4 is 17.6 Å².